The van der Waals surface area contributed by atoms with E-state index < -0.39 is 0 Å². The molecule has 1 unspecified atom stereocenters. The van der Waals surface area contributed by atoms with Gasteiger partial charge in [-0.2, -0.15) is 0 Å². The van der Waals surface area contributed by atoms with Gasteiger partial charge in [-0.25, -0.2) is 0 Å². The van der Waals surface area contributed by atoms with Crippen LogP contribution in [0, 0.1) is 0 Å². The lowest BCUT2D eigenvalue weighted by Crippen LogP contribution is -2.36. The van der Waals surface area contributed by atoms with Crippen LogP contribution in [-0.2, 0) is 0 Å². The molecule has 0 radical (unpaired) electrons. The summed E-state index contributed by atoms with van der Waals surface area (Å²) in [6, 6.07) is 7.85. The summed E-state index contributed by atoms with van der Waals surface area (Å²) in [7, 11) is 0. The fourth-order valence-electron chi connectivity index (χ4n) is 2.02. The molecule has 1 aromatic carbocycles. The van der Waals surface area contributed by atoms with E-state index >= 15 is 0 Å². The molecule has 0 aliphatic heterocycles. The third kappa shape index (κ3) is 4.67. The Morgan fingerprint density at radius 1 is 1.21 bits per heavy atom. The molecule has 0 heterocycles. The van der Waals surface area contributed by atoms with Crippen molar-refractivity contribution in [2.24, 2.45) is 0 Å². The average molecular weight is 263 g/mol. The monoisotopic (exact) mass is 263 g/mol. The zero-order valence-electron chi connectivity index (χ0n) is 12.5. The van der Waals surface area contributed by atoms with Gasteiger partial charge >= 0.3 is 0 Å². The van der Waals surface area contributed by atoms with Crippen LogP contribution in [0.5, 0.6) is 5.75 Å². The van der Waals surface area contributed by atoms with E-state index in [2.05, 4.69) is 25.7 Å². The number of Topliss-reactive ketones (excluding diaryl/α,β-unsaturated/α-hetero) is 1. The molecule has 3 nitrogen and oxygen atoms in total. The van der Waals surface area contributed by atoms with Crippen molar-refractivity contribution in [2.45, 2.75) is 40.2 Å². The minimum atomic E-state index is 0.171. The van der Waals surface area contributed by atoms with Gasteiger partial charge in [-0.05, 0) is 51.1 Å². The van der Waals surface area contributed by atoms with Crippen molar-refractivity contribution in [3.8, 4) is 5.75 Å². The van der Waals surface area contributed by atoms with E-state index in [1.807, 2.05) is 31.2 Å². The third-order valence-corrected chi connectivity index (χ3v) is 3.45. The van der Waals surface area contributed by atoms with Crippen LogP contribution in [0.2, 0.25) is 0 Å². The molecular formula is C16H25NO2. The van der Waals surface area contributed by atoms with Gasteiger partial charge in [-0.3, -0.25) is 9.69 Å². The Bertz CT molecular complexity index is 386. The Kier molecular flexibility index (Phi) is 6.57. The molecule has 106 valence electrons. The van der Waals surface area contributed by atoms with Crippen molar-refractivity contribution in [3.05, 3.63) is 29.8 Å². The number of ketones is 1. The molecule has 0 saturated carbocycles. The van der Waals surface area contributed by atoms with E-state index in [-0.39, 0.29) is 5.78 Å². The van der Waals surface area contributed by atoms with Crippen LogP contribution in [0.15, 0.2) is 24.3 Å². The number of hydrogen-bond acceptors (Lipinski definition) is 3. The standard InChI is InChI=1S/C16H25NO2/c1-5-13(4)17(6-2)12-16(18)14-8-10-15(11-9-14)19-7-3/h8-11,13H,5-7,12H2,1-4H3. The summed E-state index contributed by atoms with van der Waals surface area (Å²) >= 11 is 0. The first kappa shape index (κ1) is 15.7. The maximum Gasteiger partial charge on any atom is 0.176 e. The molecule has 0 spiro atoms. The normalized spacial score (nSPS) is 12.5. The largest absolute Gasteiger partial charge is 0.494 e. The number of hydrogen-bond donors (Lipinski definition) is 0. The first-order valence-electron chi connectivity index (χ1n) is 7.12. The van der Waals surface area contributed by atoms with Crippen LogP contribution in [0.4, 0.5) is 0 Å². The van der Waals surface area contributed by atoms with E-state index in [0.717, 1.165) is 24.3 Å². The molecule has 1 rings (SSSR count). The number of rotatable bonds is 8. The molecule has 0 N–H and O–H groups in total. The highest BCUT2D eigenvalue weighted by atomic mass is 16.5. The average Bonchev–Trinajstić information content (AvgIpc) is 2.44. The minimum absolute atomic E-state index is 0.171. The van der Waals surface area contributed by atoms with Gasteiger partial charge in [-0.1, -0.05) is 13.8 Å². The van der Waals surface area contributed by atoms with Crippen molar-refractivity contribution >= 4 is 5.78 Å². The van der Waals surface area contributed by atoms with E-state index in [1.54, 1.807) is 0 Å². The van der Waals surface area contributed by atoms with Crippen molar-refractivity contribution < 1.29 is 9.53 Å². The predicted molar refractivity (Wildman–Crippen MR) is 78.9 cm³/mol. The Morgan fingerprint density at radius 3 is 2.32 bits per heavy atom. The van der Waals surface area contributed by atoms with Gasteiger partial charge < -0.3 is 4.74 Å². The summed E-state index contributed by atoms with van der Waals surface area (Å²) in [5.74, 6) is 0.985. The van der Waals surface area contributed by atoms with Crippen LogP contribution in [0.1, 0.15) is 44.5 Å². The van der Waals surface area contributed by atoms with Gasteiger partial charge in [0.05, 0.1) is 13.2 Å². The molecule has 1 aromatic rings. The van der Waals surface area contributed by atoms with E-state index in [1.165, 1.54) is 0 Å². The van der Waals surface area contributed by atoms with Gasteiger partial charge in [0.2, 0.25) is 0 Å². The van der Waals surface area contributed by atoms with Crippen molar-refractivity contribution in [1.82, 2.24) is 4.90 Å². The van der Waals surface area contributed by atoms with Crippen LogP contribution in [-0.4, -0.2) is 36.4 Å². The second kappa shape index (κ2) is 7.95. The topological polar surface area (TPSA) is 29.5 Å². The summed E-state index contributed by atoms with van der Waals surface area (Å²) in [5.41, 5.74) is 0.755. The maximum atomic E-state index is 12.2. The van der Waals surface area contributed by atoms with Crippen LogP contribution in [0.25, 0.3) is 0 Å². The first-order chi connectivity index (χ1) is 9.12. The highest BCUT2D eigenvalue weighted by Gasteiger charge is 2.15. The number of benzene rings is 1. The summed E-state index contributed by atoms with van der Waals surface area (Å²) in [5, 5.41) is 0. The van der Waals surface area contributed by atoms with E-state index in [0.29, 0.717) is 19.2 Å². The van der Waals surface area contributed by atoms with Gasteiger partial charge in [0.25, 0.3) is 0 Å². The molecule has 0 saturated heterocycles. The zero-order chi connectivity index (χ0) is 14.3. The summed E-state index contributed by atoms with van der Waals surface area (Å²) in [4.78, 5) is 14.4. The van der Waals surface area contributed by atoms with E-state index in [9.17, 15) is 4.79 Å². The second-order valence-electron chi connectivity index (χ2n) is 4.70. The lowest BCUT2D eigenvalue weighted by Gasteiger charge is -2.26. The molecule has 0 bridgehead atoms. The molecule has 0 amide bonds. The predicted octanol–water partition coefficient (Wildman–Crippen LogP) is 3.39. The Hall–Kier alpha value is -1.35. The molecule has 0 aromatic heterocycles. The highest BCUT2D eigenvalue weighted by molar-refractivity contribution is 5.97. The number of likely N-dealkylation sites (N-methyl/N-ethyl adjacent to an activating group) is 1. The SMILES string of the molecule is CCOc1ccc(C(=O)CN(CC)C(C)CC)cc1. The maximum absolute atomic E-state index is 12.2. The summed E-state index contributed by atoms with van der Waals surface area (Å²) in [6.07, 6.45) is 1.06. The van der Waals surface area contributed by atoms with Gasteiger partial charge in [0.15, 0.2) is 5.78 Å². The summed E-state index contributed by atoms with van der Waals surface area (Å²) in [6.45, 7) is 10.4. The van der Waals surface area contributed by atoms with Crippen molar-refractivity contribution in [2.75, 3.05) is 19.7 Å². The van der Waals surface area contributed by atoms with Crippen molar-refractivity contribution in [1.29, 1.82) is 0 Å². The molecule has 0 aliphatic rings. The number of nitrogens with zero attached hydrogens (tertiary/aromatic N) is 1. The molecule has 1 atom stereocenters. The quantitative estimate of drug-likeness (QED) is 0.673. The smallest absolute Gasteiger partial charge is 0.176 e. The third-order valence-electron chi connectivity index (χ3n) is 3.45. The number of carbonyl (C=O) groups excluding carboxylic acids is 1. The number of carbonyl (C=O) groups is 1. The van der Waals surface area contributed by atoms with Crippen molar-refractivity contribution in [3.63, 3.8) is 0 Å². The minimum Gasteiger partial charge on any atom is -0.494 e. The molecule has 3 heteroatoms. The Balaban J connectivity index is 2.66. The summed E-state index contributed by atoms with van der Waals surface area (Å²) < 4.78 is 5.38. The highest BCUT2D eigenvalue weighted by Crippen LogP contribution is 2.13. The fourth-order valence-corrected chi connectivity index (χ4v) is 2.02. The van der Waals surface area contributed by atoms with Crippen LogP contribution < -0.4 is 4.74 Å². The van der Waals surface area contributed by atoms with Crippen LogP contribution >= 0.6 is 0 Å². The molecule has 0 aliphatic carbocycles. The Labute approximate surface area is 116 Å². The lowest BCUT2D eigenvalue weighted by molar-refractivity contribution is 0.0902. The van der Waals surface area contributed by atoms with E-state index in [4.69, 9.17) is 4.74 Å². The molecule has 0 fully saturated rings. The second-order valence-corrected chi connectivity index (χ2v) is 4.70. The lowest BCUT2D eigenvalue weighted by atomic mass is 10.1. The first-order valence-corrected chi connectivity index (χ1v) is 7.12. The zero-order valence-corrected chi connectivity index (χ0v) is 12.5. The van der Waals surface area contributed by atoms with Gasteiger partial charge in [0, 0.05) is 11.6 Å². The fraction of sp³-hybridized carbons (Fsp3) is 0.562. The molecular weight excluding hydrogens is 238 g/mol. The van der Waals surface area contributed by atoms with Gasteiger partial charge in [-0.15, -0.1) is 0 Å². The Morgan fingerprint density at radius 2 is 1.84 bits per heavy atom. The van der Waals surface area contributed by atoms with Gasteiger partial charge in [0.1, 0.15) is 5.75 Å². The number of ether oxygens (including phenoxy) is 1. The molecule has 19 heavy (non-hydrogen) atoms. The van der Waals surface area contributed by atoms with Crippen LogP contribution in [0.3, 0.4) is 0 Å².